The number of rotatable bonds is 8. The Hall–Kier alpha value is -3.72. The molecule has 158 valence electrons. The van der Waals surface area contributed by atoms with Gasteiger partial charge in [-0.3, -0.25) is 9.47 Å². The summed E-state index contributed by atoms with van der Waals surface area (Å²) < 4.78 is 14.3. The Kier molecular flexibility index (Phi) is 6.23. The molecule has 0 bridgehead atoms. The van der Waals surface area contributed by atoms with Gasteiger partial charge in [-0.25, -0.2) is 4.68 Å². The summed E-state index contributed by atoms with van der Waals surface area (Å²) in [4.78, 5) is 12.5. The molecule has 4 aromatic rings. The van der Waals surface area contributed by atoms with Crippen LogP contribution in [0.2, 0.25) is 0 Å². The molecular formula is C22H21N5O3S. The fourth-order valence-corrected chi connectivity index (χ4v) is 3.76. The van der Waals surface area contributed by atoms with E-state index < -0.39 is 0 Å². The van der Waals surface area contributed by atoms with Crippen LogP contribution in [0.5, 0.6) is 11.5 Å². The fraction of sp³-hybridized carbons (Fsp3) is 0.136. The predicted molar refractivity (Wildman–Crippen MR) is 120 cm³/mol. The molecule has 4 rings (SSSR count). The normalized spacial score (nSPS) is 10.6. The zero-order valence-corrected chi connectivity index (χ0v) is 17.9. The number of aromatic nitrogens is 4. The van der Waals surface area contributed by atoms with Gasteiger partial charge in [0.15, 0.2) is 5.82 Å². The first-order chi connectivity index (χ1) is 15.2. The van der Waals surface area contributed by atoms with Gasteiger partial charge in [-0.1, -0.05) is 36.0 Å². The summed E-state index contributed by atoms with van der Waals surface area (Å²) in [5.74, 6) is 1.97. The van der Waals surface area contributed by atoms with Crippen molar-refractivity contribution in [2.24, 2.45) is 0 Å². The van der Waals surface area contributed by atoms with Gasteiger partial charge in [-0.2, -0.15) is 0 Å². The van der Waals surface area contributed by atoms with Crippen LogP contribution < -0.4 is 14.8 Å². The lowest BCUT2D eigenvalue weighted by atomic mass is 10.2. The quantitative estimate of drug-likeness (QED) is 0.424. The summed E-state index contributed by atoms with van der Waals surface area (Å²) in [7, 11) is 3.19. The van der Waals surface area contributed by atoms with E-state index in [4.69, 9.17) is 9.47 Å². The van der Waals surface area contributed by atoms with Gasteiger partial charge in [-0.15, -0.1) is 10.2 Å². The van der Waals surface area contributed by atoms with Gasteiger partial charge in [0, 0.05) is 18.0 Å². The summed E-state index contributed by atoms with van der Waals surface area (Å²) in [6, 6.07) is 18.7. The summed E-state index contributed by atoms with van der Waals surface area (Å²) in [6.07, 6.45) is 3.79. The smallest absolute Gasteiger partial charge is 0.234 e. The zero-order valence-electron chi connectivity index (χ0n) is 17.1. The van der Waals surface area contributed by atoms with E-state index in [2.05, 4.69) is 15.5 Å². The number of hydrogen-bond acceptors (Lipinski definition) is 6. The van der Waals surface area contributed by atoms with Crippen LogP contribution in [0.4, 0.5) is 5.69 Å². The molecule has 0 aliphatic carbocycles. The first-order valence-electron chi connectivity index (χ1n) is 9.48. The highest BCUT2D eigenvalue weighted by molar-refractivity contribution is 7.99. The van der Waals surface area contributed by atoms with Crippen LogP contribution in [0.25, 0.3) is 11.4 Å². The van der Waals surface area contributed by atoms with Crippen molar-refractivity contribution < 1.29 is 14.3 Å². The summed E-state index contributed by atoms with van der Waals surface area (Å²) in [5.41, 5.74) is 1.48. The molecule has 0 spiro atoms. The first kappa shape index (κ1) is 20.5. The number of hydrogen-bond donors (Lipinski definition) is 1. The lowest BCUT2D eigenvalue weighted by molar-refractivity contribution is -0.113. The molecule has 31 heavy (non-hydrogen) atoms. The van der Waals surface area contributed by atoms with Gasteiger partial charge >= 0.3 is 0 Å². The average Bonchev–Trinajstić information content (AvgIpc) is 3.47. The Morgan fingerprint density at radius 2 is 1.81 bits per heavy atom. The van der Waals surface area contributed by atoms with Crippen molar-refractivity contribution in [3.63, 3.8) is 0 Å². The summed E-state index contributed by atoms with van der Waals surface area (Å²) in [5, 5.41) is 12.2. The van der Waals surface area contributed by atoms with E-state index in [9.17, 15) is 4.79 Å². The van der Waals surface area contributed by atoms with Crippen molar-refractivity contribution in [1.29, 1.82) is 0 Å². The third-order valence-electron chi connectivity index (χ3n) is 4.47. The van der Waals surface area contributed by atoms with Crippen LogP contribution in [0, 0.1) is 0 Å². The maximum atomic E-state index is 12.5. The molecule has 1 N–H and O–H groups in total. The lowest BCUT2D eigenvalue weighted by Gasteiger charge is -2.12. The largest absolute Gasteiger partial charge is 0.497 e. The first-order valence-corrected chi connectivity index (χ1v) is 10.5. The highest BCUT2D eigenvalue weighted by Gasteiger charge is 2.18. The van der Waals surface area contributed by atoms with E-state index in [0.717, 1.165) is 11.3 Å². The van der Waals surface area contributed by atoms with Gasteiger partial charge in [0.25, 0.3) is 0 Å². The molecule has 0 atom stereocenters. The third kappa shape index (κ3) is 4.56. The van der Waals surface area contributed by atoms with E-state index in [0.29, 0.717) is 22.4 Å². The maximum absolute atomic E-state index is 12.5. The third-order valence-corrected chi connectivity index (χ3v) is 5.39. The number of para-hydroxylation sites is 2. The number of nitrogens with zero attached hydrogens (tertiary/aromatic N) is 4. The number of amides is 1. The second-order valence-corrected chi connectivity index (χ2v) is 7.39. The minimum absolute atomic E-state index is 0.162. The molecule has 2 heterocycles. The van der Waals surface area contributed by atoms with Crippen molar-refractivity contribution in [1.82, 2.24) is 19.5 Å². The molecule has 0 saturated carbocycles. The van der Waals surface area contributed by atoms with Crippen LogP contribution in [-0.2, 0) is 4.79 Å². The van der Waals surface area contributed by atoms with E-state index >= 15 is 0 Å². The standard InChI is InChI=1S/C22H21N5O3S/c1-29-17-9-7-8-16(14-17)21-24-25-22(27(21)26-12-5-6-13-26)31-15-20(28)23-18-10-3-4-11-19(18)30-2/h3-14H,15H2,1-2H3,(H,23,28). The van der Waals surface area contributed by atoms with E-state index in [-0.39, 0.29) is 11.7 Å². The maximum Gasteiger partial charge on any atom is 0.234 e. The van der Waals surface area contributed by atoms with Crippen molar-refractivity contribution in [2.75, 3.05) is 25.3 Å². The SMILES string of the molecule is COc1cccc(-c2nnc(SCC(=O)Nc3ccccc3OC)n2-n2cccc2)c1. The minimum atomic E-state index is -0.167. The van der Waals surface area contributed by atoms with Gasteiger partial charge in [0.1, 0.15) is 11.5 Å². The Balaban J connectivity index is 1.57. The fourth-order valence-electron chi connectivity index (χ4n) is 3.03. The van der Waals surface area contributed by atoms with Crippen molar-refractivity contribution in [3.05, 3.63) is 73.1 Å². The predicted octanol–water partition coefficient (Wildman–Crippen LogP) is 3.81. The van der Waals surface area contributed by atoms with Crippen LogP contribution in [0.3, 0.4) is 0 Å². The number of ether oxygens (including phenoxy) is 2. The Labute approximate surface area is 183 Å². The number of nitrogens with one attached hydrogen (secondary N) is 1. The Morgan fingerprint density at radius 3 is 2.58 bits per heavy atom. The molecule has 0 fully saturated rings. The van der Waals surface area contributed by atoms with Crippen LogP contribution in [0.1, 0.15) is 0 Å². The van der Waals surface area contributed by atoms with Gasteiger partial charge in [-0.05, 0) is 36.4 Å². The molecule has 9 heteroatoms. The molecule has 2 aromatic carbocycles. The highest BCUT2D eigenvalue weighted by Crippen LogP contribution is 2.28. The molecule has 0 aliphatic heterocycles. The highest BCUT2D eigenvalue weighted by atomic mass is 32.2. The van der Waals surface area contributed by atoms with Gasteiger partial charge < -0.3 is 14.8 Å². The lowest BCUT2D eigenvalue weighted by Crippen LogP contribution is -2.16. The van der Waals surface area contributed by atoms with Crippen molar-refractivity contribution in [2.45, 2.75) is 5.16 Å². The number of carbonyl (C=O) groups is 1. The number of methoxy groups -OCH3 is 2. The monoisotopic (exact) mass is 435 g/mol. The van der Waals surface area contributed by atoms with Gasteiger partial charge in [0.2, 0.25) is 11.1 Å². The van der Waals surface area contributed by atoms with E-state index in [1.165, 1.54) is 11.8 Å². The summed E-state index contributed by atoms with van der Waals surface area (Å²) >= 11 is 1.30. The molecule has 8 nitrogen and oxygen atoms in total. The number of anilines is 1. The molecule has 0 unspecified atom stereocenters. The number of carbonyl (C=O) groups excluding carboxylic acids is 1. The van der Waals surface area contributed by atoms with E-state index in [1.807, 2.05) is 70.3 Å². The number of benzene rings is 2. The van der Waals surface area contributed by atoms with E-state index in [1.54, 1.807) is 26.4 Å². The Bertz CT molecular complexity index is 1170. The van der Waals surface area contributed by atoms with Crippen LogP contribution in [-0.4, -0.2) is 45.4 Å². The zero-order chi connectivity index (χ0) is 21.6. The summed E-state index contributed by atoms with van der Waals surface area (Å²) in [6.45, 7) is 0. The molecule has 0 radical (unpaired) electrons. The second-order valence-electron chi connectivity index (χ2n) is 6.45. The van der Waals surface area contributed by atoms with Crippen LogP contribution in [0.15, 0.2) is 78.2 Å². The number of thioether (sulfide) groups is 1. The second kappa shape index (κ2) is 9.40. The molecular weight excluding hydrogens is 414 g/mol. The topological polar surface area (TPSA) is 83.2 Å². The average molecular weight is 436 g/mol. The molecule has 0 saturated heterocycles. The van der Waals surface area contributed by atoms with Crippen molar-refractivity contribution >= 4 is 23.4 Å². The van der Waals surface area contributed by atoms with Crippen LogP contribution >= 0.6 is 11.8 Å². The van der Waals surface area contributed by atoms with Crippen molar-refractivity contribution in [3.8, 4) is 22.9 Å². The Morgan fingerprint density at radius 1 is 1.00 bits per heavy atom. The molecule has 1 amide bonds. The van der Waals surface area contributed by atoms with Gasteiger partial charge in [0.05, 0.1) is 25.7 Å². The molecule has 0 aliphatic rings. The minimum Gasteiger partial charge on any atom is -0.497 e. The molecule has 2 aromatic heterocycles.